The smallest absolute Gasteiger partial charge is 0.264 e. The Balaban J connectivity index is 1.86. The summed E-state index contributed by atoms with van der Waals surface area (Å²) in [4.78, 5) is 27.9. The molecule has 1 aromatic carbocycles. The Kier molecular flexibility index (Phi) is 4.98. The Labute approximate surface area is 154 Å². The molecule has 8 heteroatoms. The van der Waals surface area contributed by atoms with Crippen molar-refractivity contribution in [3.8, 4) is 0 Å². The molecule has 0 unspecified atom stereocenters. The number of aromatic nitrogens is 3. The average Bonchev–Trinajstić information content (AvgIpc) is 2.90. The van der Waals surface area contributed by atoms with Crippen LogP contribution in [0.5, 0.6) is 0 Å². The molecule has 0 bridgehead atoms. The molecule has 0 saturated heterocycles. The Morgan fingerprint density at radius 3 is 2.44 bits per heavy atom. The monoisotopic (exact) mass is 372 g/mol. The molecular weight excluding hydrogens is 354 g/mol. The Bertz CT molecular complexity index is 1030. The number of alkyl halides is 2. The molecular formula is C19H18F2N4O2. The van der Waals surface area contributed by atoms with E-state index in [9.17, 15) is 18.4 Å². The van der Waals surface area contributed by atoms with Gasteiger partial charge in [-0.3, -0.25) is 9.59 Å². The van der Waals surface area contributed by atoms with Crippen LogP contribution >= 0.6 is 0 Å². The highest BCUT2D eigenvalue weighted by atomic mass is 19.3. The summed E-state index contributed by atoms with van der Waals surface area (Å²) < 4.78 is 28.0. The van der Waals surface area contributed by atoms with Crippen molar-refractivity contribution in [1.29, 1.82) is 0 Å². The molecule has 3 rings (SSSR count). The number of hydrogen-bond donors (Lipinski definition) is 1. The fourth-order valence-corrected chi connectivity index (χ4v) is 2.92. The molecule has 1 N–H and O–H groups in total. The normalized spacial score (nSPS) is 11.2. The van der Waals surface area contributed by atoms with Crippen LogP contribution in [0.4, 0.5) is 14.5 Å². The summed E-state index contributed by atoms with van der Waals surface area (Å²) in [6.07, 6.45) is -2.65. The molecule has 0 aliphatic carbocycles. The maximum atomic E-state index is 13.3. The maximum absolute atomic E-state index is 13.3. The largest absolute Gasteiger partial charge is 0.324 e. The number of Topliss-reactive ketones (excluding diaryl/α,β-unsaturated/α-hetero) is 1. The van der Waals surface area contributed by atoms with Crippen molar-refractivity contribution in [2.45, 2.75) is 33.7 Å². The summed E-state index contributed by atoms with van der Waals surface area (Å²) in [5.41, 5.74) is 2.01. The molecule has 1 amide bonds. The molecule has 0 aliphatic heterocycles. The van der Waals surface area contributed by atoms with E-state index in [-0.39, 0.29) is 34.8 Å². The van der Waals surface area contributed by atoms with Crippen LogP contribution in [0.25, 0.3) is 11.0 Å². The van der Waals surface area contributed by atoms with Gasteiger partial charge in [0, 0.05) is 22.5 Å². The summed E-state index contributed by atoms with van der Waals surface area (Å²) in [5, 5.41) is 7.18. The first kappa shape index (κ1) is 18.6. The maximum Gasteiger partial charge on any atom is 0.264 e. The number of benzene rings is 1. The highest BCUT2D eigenvalue weighted by molar-refractivity contribution is 5.96. The van der Waals surface area contributed by atoms with Crippen molar-refractivity contribution in [2.75, 3.05) is 5.32 Å². The fraction of sp³-hybridized carbons (Fsp3) is 0.263. The van der Waals surface area contributed by atoms with Gasteiger partial charge in [0.25, 0.3) is 6.43 Å². The molecule has 6 nitrogen and oxygen atoms in total. The second kappa shape index (κ2) is 7.22. The van der Waals surface area contributed by atoms with Crippen molar-refractivity contribution in [3.63, 3.8) is 0 Å². The van der Waals surface area contributed by atoms with Crippen molar-refractivity contribution in [2.24, 2.45) is 0 Å². The molecule has 0 fully saturated rings. The van der Waals surface area contributed by atoms with Crippen LogP contribution in [0, 0.1) is 13.8 Å². The van der Waals surface area contributed by atoms with Gasteiger partial charge in [0.15, 0.2) is 11.4 Å². The van der Waals surface area contributed by atoms with Crippen LogP contribution in [0.15, 0.2) is 30.3 Å². The number of carbonyl (C=O) groups excluding carboxylic acids is 2. The molecule has 0 radical (unpaired) electrons. The Hall–Kier alpha value is -3.16. The van der Waals surface area contributed by atoms with Crippen LogP contribution in [-0.2, 0) is 11.3 Å². The second-order valence-electron chi connectivity index (χ2n) is 6.28. The number of rotatable bonds is 5. The van der Waals surface area contributed by atoms with Crippen LogP contribution in [0.2, 0.25) is 0 Å². The van der Waals surface area contributed by atoms with Gasteiger partial charge in [0.2, 0.25) is 5.91 Å². The van der Waals surface area contributed by atoms with Gasteiger partial charge < -0.3 is 5.32 Å². The molecule has 27 heavy (non-hydrogen) atoms. The number of carbonyl (C=O) groups is 2. The van der Waals surface area contributed by atoms with E-state index in [1.165, 1.54) is 17.7 Å². The van der Waals surface area contributed by atoms with Gasteiger partial charge in [0.05, 0.1) is 11.1 Å². The van der Waals surface area contributed by atoms with E-state index >= 15 is 0 Å². The highest BCUT2D eigenvalue weighted by Crippen LogP contribution is 2.29. The predicted molar refractivity (Wildman–Crippen MR) is 97.0 cm³/mol. The lowest BCUT2D eigenvalue weighted by Crippen LogP contribution is -2.20. The zero-order chi connectivity index (χ0) is 19.7. The van der Waals surface area contributed by atoms with Crippen molar-refractivity contribution in [1.82, 2.24) is 14.8 Å². The lowest BCUT2D eigenvalue weighted by Gasteiger charge is -2.08. The van der Waals surface area contributed by atoms with Crippen LogP contribution in [0.3, 0.4) is 0 Å². The number of pyridine rings is 1. The van der Waals surface area contributed by atoms with E-state index in [1.807, 2.05) is 0 Å². The average molecular weight is 372 g/mol. The number of hydrogen-bond acceptors (Lipinski definition) is 4. The van der Waals surface area contributed by atoms with E-state index in [4.69, 9.17) is 0 Å². The molecule has 0 spiro atoms. The predicted octanol–water partition coefficient (Wildman–Crippen LogP) is 3.83. The number of nitrogens with zero attached hydrogens (tertiary/aromatic N) is 3. The zero-order valence-corrected chi connectivity index (χ0v) is 15.1. The molecule has 3 aromatic rings. The van der Waals surface area contributed by atoms with Gasteiger partial charge in [-0.15, -0.1) is 0 Å². The summed E-state index contributed by atoms with van der Waals surface area (Å²) >= 11 is 0. The fourth-order valence-electron chi connectivity index (χ4n) is 2.92. The van der Waals surface area contributed by atoms with E-state index in [1.54, 1.807) is 38.1 Å². The first-order chi connectivity index (χ1) is 12.8. The summed E-state index contributed by atoms with van der Waals surface area (Å²) in [5.74, 6) is -0.445. The molecule has 140 valence electrons. The summed E-state index contributed by atoms with van der Waals surface area (Å²) in [7, 11) is 0. The first-order valence-corrected chi connectivity index (χ1v) is 8.30. The van der Waals surface area contributed by atoms with Crippen molar-refractivity contribution in [3.05, 3.63) is 52.8 Å². The minimum absolute atomic E-state index is 0.0670. The van der Waals surface area contributed by atoms with Gasteiger partial charge >= 0.3 is 0 Å². The minimum atomic E-state index is -2.65. The van der Waals surface area contributed by atoms with Gasteiger partial charge in [-0.1, -0.05) is 0 Å². The standard InChI is InChI=1S/C19H18F2N4O2/c1-10-8-15(18(20)21)17-11(2)24-25(19(17)22-10)9-16(27)23-14-6-4-13(5-7-14)12(3)26/h4-8,18H,9H2,1-3H3,(H,23,27). The van der Waals surface area contributed by atoms with Gasteiger partial charge in [-0.05, 0) is 51.1 Å². The highest BCUT2D eigenvalue weighted by Gasteiger charge is 2.20. The number of amides is 1. The quantitative estimate of drug-likeness (QED) is 0.691. The number of ketones is 1. The molecule has 2 aromatic heterocycles. The number of fused-ring (bicyclic) bond motifs is 1. The van der Waals surface area contributed by atoms with E-state index < -0.39 is 6.43 Å². The number of nitrogens with one attached hydrogen (secondary N) is 1. The number of halogens is 2. The third-order valence-electron chi connectivity index (χ3n) is 4.14. The lowest BCUT2D eigenvalue weighted by atomic mass is 10.1. The molecule has 0 aliphatic rings. The first-order valence-electron chi connectivity index (χ1n) is 8.30. The third kappa shape index (κ3) is 3.84. The molecule has 0 saturated carbocycles. The summed E-state index contributed by atoms with van der Waals surface area (Å²) in [6, 6.07) is 7.82. The van der Waals surface area contributed by atoms with E-state index in [0.29, 0.717) is 22.6 Å². The van der Waals surface area contributed by atoms with Crippen molar-refractivity contribution >= 4 is 28.4 Å². The van der Waals surface area contributed by atoms with Gasteiger partial charge in [-0.25, -0.2) is 18.4 Å². The Morgan fingerprint density at radius 1 is 1.19 bits per heavy atom. The zero-order valence-electron chi connectivity index (χ0n) is 15.1. The molecule has 0 atom stereocenters. The number of aryl methyl sites for hydroxylation is 2. The SMILES string of the molecule is CC(=O)c1ccc(NC(=O)Cn2nc(C)c3c(C(F)F)cc(C)nc32)cc1. The third-order valence-corrected chi connectivity index (χ3v) is 4.14. The van der Waals surface area contributed by atoms with Crippen LogP contribution in [0.1, 0.15) is 40.7 Å². The summed E-state index contributed by atoms with van der Waals surface area (Å²) in [6.45, 7) is 4.52. The van der Waals surface area contributed by atoms with Crippen LogP contribution < -0.4 is 5.32 Å². The van der Waals surface area contributed by atoms with Gasteiger partial charge in [-0.2, -0.15) is 5.10 Å². The van der Waals surface area contributed by atoms with E-state index in [2.05, 4.69) is 15.4 Å². The lowest BCUT2D eigenvalue weighted by molar-refractivity contribution is -0.116. The topological polar surface area (TPSA) is 76.9 Å². The van der Waals surface area contributed by atoms with Crippen molar-refractivity contribution < 1.29 is 18.4 Å². The number of anilines is 1. The second-order valence-corrected chi connectivity index (χ2v) is 6.28. The van der Waals surface area contributed by atoms with Gasteiger partial charge in [0.1, 0.15) is 6.54 Å². The molecule has 2 heterocycles. The minimum Gasteiger partial charge on any atom is -0.324 e. The van der Waals surface area contributed by atoms with E-state index in [0.717, 1.165) is 0 Å². The van der Waals surface area contributed by atoms with Crippen LogP contribution in [-0.4, -0.2) is 26.5 Å². The Morgan fingerprint density at radius 2 is 1.85 bits per heavy atom.